The Kier molecular flexibility index (Phi) is 5.22. The van der Waals surface area contributed by atoms with Crippen LogP contribution in [-0.4, -0.2) is 41.7 Å². The summed E-state index contributed by atoms with van der Waals surface area (Å²) in [6.45, 7) is 12.3. The number of nitrogens with zero attached hydrogens (tertiary/aromatic N) is 2. The molecule has 1 aromatic rings. The number of hydrogen-bond acceptors (Lipinski definition) is 4. The smallest absolute Gasteiger partial charge is 0.213 e. The van der Waals surface area contributed by atoms with Crippen molar-refractivity contribution in [3.05, 3.63) is 23.9 Å². The van der Waals surface area contributed by atoms with E-state index in [0.717, 1.165) is 26.1 Å². The number of aromatic nitrogens is 1. The topological polar surface area (TPSA) is 37.4 Å². The third-order valence-corrected chi connectivity index (χ3v) is 4.70. The van der Waals surface area contributed by atoms with Gasteiger partial charge in [0.1, 0.15) is 0 Å². The summed E-state index contributed by atoms with van der Waals surface area (Å²) in [7, 11) is 1.67. The molecule has 0 saturated carbocycles. The molecule has 2 heterocycles. The summed E-state index contributed by atoms with van der Waals surface area (Å²) >= 11 is 0. The average molecular weight is 291 g/mol. The number of methoxy groups -OCH3 is 1. The average Bonchev–Trinajstić information content (AvgIpc) is 2.47. The third-order valence-electron chi connectivity index (χ3n) is 4.70. The second-order valence-electron chi connectivity index (χ2n) is 6.72. The summed E-state index contributed by atoms with van der Waals surface area (Å²) in [6.07, 6.45) is 2.98. The van der Waals surface area contributed by atoms with Gasteiger partial charge in [0.05, 0.1) is 7.11 Å². The highest BCUT2D eigenvalue weighted by molar-refractivity contribution is 5.20. The van der Waals surface area contributed by atoms with Crippen LogP contribution in [0.5, 0.6) is 5.88 Å². The highest BCUT2D eigenvalue weighted by Crippen LogP contribution is 2.25. The van der Waals surface area contributed by atoms with Crippen LogP contribution in [0.1, 0.15) is 39.7 Å². The number of pyridine rings is 1. The Morgan fingerprint density at radius 2 is 2.29 bits per heavy atom. The minimum atomic E-state index is 0.211. The fraction of sp³-hybridized carbons (Fsp3) is 0.706. The largest absolute Gasteiger partial charge is 0.481 e. The van der Waals surface area contributed by atoms with Gasteiger partial charge < -0.3 is 10.1 Å². The van der Waals surface area contributed by atoms with E-state index in [1.165, 1.54) is 5.56 Å². The van der Waals surface area contributed by atoms with Gasteiger partial charge in [0.25, 0.3) is 0 Å². The van der Waals surface area contributed by atoms with Crippen LogP contribution < -0.4 is 10.1 Å². The quantitative estimate of drug-likeness (QED) is 0.905. The lowest BCUT2D eigenvalue weighted by Crippen LogP contribution is -2.63. The molecule has 1 aromatic heterocycles. The molecule has 4 heteroatoms. The molecule has 0 bridgehead atoms. The first-order chi connectivity index (χ1) is 9.97. The maximum Gasteiger partial charge on any atom is 0.213 e. The molecule has 4 nitrogen and oxygen atoms in total. The van der Waals surface area contributed by atoms with Gasteiger partial charge in [-0.05, 0) is 30.9 Å². The minimum Gasteiger partial charge on any atom is -0.481 e. The maximum absolute atomic E-state index is 5.24. The summed E-state index contributed by atoms with van der Waals surface area (Å²) in [5.41, 5.74) is 1.48. The Bertz CT molecular complexity index is 463. The Hall–Kier alpha value is -1.13. The lowest BCUT2D eigenvalue weighted by Gasteiger charge is -2.47. The van der Waals surface area contributed by atoms with E-state index in [4.69, 9.17) is 4.74 Å². The van der Waals surface area contributed by atoms with Crippen LogP contribution in [0, 0.1) is 5.92 Å². The lowest BCUT2D eigenvalue weighted by atomic mass is 9.89. The van der Waals surface area contributed by atoms with Crippen molar-refractivity contribution >= 4 is 0 Å². The molecule has 118 valence electrons. The molecule has 2 rings (SSSR count). The molecular weight excluding hydrogens is 262 g/mol. The minimum absolute atomic E-state index is 0.211. The van der Waals surface area contributed by atoms with E-state index in [9.17, 15) is 0 Å². The van der Waals surface area contributed by atoms with Gasteiger partial charge in [0, 0.05) is 43.5 Å². The van der Waals surface area contributed by atoms with Crippen LogP contribution in [0.15, 0.2) is 18.3 Å². The molecule has 1 aliphatic heterocycles. The van der Waals surface area contributed by atoms with Crippen LogP contribution in [0.2, 0.25) is 0 Å². The van der Waals surface area contributed by atoms with Crippen LogP contribution in [-0.2, 0) is 6.54 Å². The zero-order valence-corrected chi connectivity index (χ0v) is 14.0. The molecule has 0 amide bonds. The molecule has 1 N–H and O–H groups in total. The van der Waals surface area contributed by atoms with Crippen LogP contribution in [0.4, 0.5) is 0 Å². The Morgan fingerprint density at radius 1 is 1.52 bits per heavy atom. The predicted molar refractivity (Wildman–Crippen MR) is 86.5 cm³/mol. The van der Waals surface area contributed by atoms with E-state index in [-0.39, 0.29) is 5.54 Å². The third kappa shape index (κ3) is 3.95. The summed E-state index contributed by atoms with van der Waals surface area (Å²) in [6, 6.07) is 4.71. The zero-order chi connectivity index (χ0) is 15.5. The monoisotopic (exact) mass is 291 g/mol. The molecule has 0 radical (unpaired) electrons. The van der Waals surface area contributed by atoms with Crippen molar-refractivity contribution in [1.82, 2.24) is 15.2 Å². The summed E-state index contributed by atoms with van der Waals surface area (Å²) in [5, 5.41) is 3.74. The van der Waals surface area contributed by atoms with E-state index in [1.807, 2.05) is 12.3 Å². The first-order valence-electron chi connectivity index (χ1n) is 7.95. The van der Waals surface area contributed by atoms with Crippen molar-refractivity contribution in [2.24, 2.45) is 5.92 Å². The van der Waals surface area contributed by atoms with Crippen LogP contribution in [0.25, 0.3) is 0 Å². The van der Waals surface area contributed by atoms with E-state index in [2.05, 4.69) is 49.0 Å². The van der Waals surface area contributed by atoms with Crippen molar-refractivity contribution in [2.75, 3.05) is 20.2 Å². The predicted octanol–water partition coefficient (Wildman–Crippen LogP) is 2.69. The number of piperazine rings is 1. The van der Waals surface area contributed by atoms with Gasteiger partial charge in [0.2, 0.25) is 5.88 Å². The van der Waals surface area contributed by atoms with E-state index in [1.54, 1.807) is 7.11 Å². The fourth-order valence-corrected chi connectivity index (χ4v) is 3.06. The molecule has 1 aliphatic rings. The van der Waals surface area contributed by atoms with Crippen molar-refractivity contribution in [1.29, 1.82) is 0 Å². The van der Waals surface area contributed by atoms with Crippen molar-refractivity contribution in [3.8, 4) is 5.88 Å². The van der Waals surface area contributed by atoms with Crippen LogP contribution in [0.3, 0.4) is 0 Å². The van der Waals surface area contributed by atoms with E-state index < -0.39 is 0 Å². The normalized spacial score (nSPS) is 27.0. The summed E-state index contributed by atoms with van der Waals surface area (Å²) in [5.74, 6) is 1.34. The highest BCUT2D eigenvalue weighted by Gasteiger charge is 2.35. The van der Waals surface area contributed by atoms with Gasteiger partial charge >= 0.3 is 0 Å². The number of nitrogens with one attached hydrogen (secondary N) is 1. The van der Waals surface area contributed by atoms with E-state index in [0.29, 0.717) is 17.8 Å². The molecule has 0 aliphatic carbocycles. The molecule has 1 fully saturated rings. The molecular formula is C17H29N3O. The zero-order valence-electron chi connectivity index (χ0n) is 14.0. The lowest BCUT2D eigenvalue weighted by molar-refractivity contribution is 0.0538. The molecule has 0 aromatic carbocycles. The van der Waals surface area contributed by atoms with Gasteiger partial charge in [-0.2, -0.15) is 0 Å². The standard InChI is InChI=1S/C17H29N3O/c1-6-17(4)12-20(15(10-19-17)13(2)3)11-14-7-8-18-16(9-14)21-5/h7-9,13,15,19H,6,10-12H2,1-5H3. The second-order valence-corrected chi connectivity index (χ2v) is 6.72. The second kappa shape index (κ2) is 6.75. The number of hydrogen-bond donors (Lipinski definition) is 1. The maximum atomic E-state index is 5.24. The van der Waals surface area contributed by atoms with Gasteiger partial charge in [-0.3, -0.25) is 4.90 Å². The van der Waals surface area contributed by atoms with Crippen molar-refractivity contribution in [3.63, 3.8) is 0 Å². The molecule has 21 heavy (non-hydrogen) atoms. The SMILES string of the molecule is CCC1(C)CN(Cc2ccnc(OC)c2)C(C(C)C)CN1. The Labute approximate surface area is 128 Å². The number of ether oxygens (including phenoxy) is 1. The fourth-order valence-electron chi connectivity index (χ4n) is 3.06. The molecule has 2 unspecified atom stereocenters. The highest BCUT2D eigenvalue weighted by atomic mass is 16.5. The van der Waals surface area contributed by atoms with Gasteiger partial charge in [0.15, 0.2) is 0 Å². The Morgan fingerprint density at radius 3 is 2.90 bits per heavy atom. The first-order valence-corrected chi connectivity index (χ1v) is 7.95. The summed E-state index contributed by atoms with van der Waals surface area (Å²) in [4.78, 5) is 6.81. The van der Waals surface area contributed by atoms with Gasteiger partial charge in [-0.15, -0.1) is 0 Å². The summed E-state index contributed by atoms with van der Waals surface area (Å²) < 4.78 is 5.24. The van der Waals surface area contributed by atoms with Crippen LogP contribution >= 0.6 is 0 Å². The van der Waals surface area contributed by atoms with Crippen molar-refractivity contribution < 1.29 is 4.74 Å². The molecule has 0 spiro atoms. The molecule has 1 saturated heterocycles. The Balaban J connectivity index is 2.15. The molecule has 2 atom stereocenters. The van der Waals surface area contributed by atoms with Crippen molar-refractivity contribution in [2.45, 2.75) is 52.2 Å². The van der Waals surface area contributed by atoms with Gasteiger partial charge in [-0.1, -0.05) is 20.8 Å². The first kappa shape index (κ1) is 16.2. The van der Waals surface area contributed by atoms with E-state index >= 15 is 0 Å². The number of rotatable bonds is 5. The van der Waals surface area contributed by atoms with Gasteiger partial charge in [-0.25, -0.2) is 4.98 Å².